The number of benzene rings is 1. The first-order valence-corrected chi connectivity index (χ1v) is 13.4. The van der Waals surface area contributed by atoms with Gasteiger partial charge in [-0.3, -0.25) is 9.78 Å². The van der Waals surface area contributed by atoms with E-state index in [2.05, 4.69) is 18.0 Å². The molecule has 2 atom stereocenters. The van der Waals surface area contributed by atoms with Crippen molar-refractivity contribution in [3.63, 3.8) is 0 Å². The Bertz CT molecular complexity index is 1030. The van der Waals surface area contributed by atoms with Gasteiger partial charge in [0.05, 0.1) is 19.6 Å². The van der Waals surface area contributed by atoms with E-state index >= 15 is 0 Å². The van der Waals surface area contributed by atoms with Crippen molar-refractivity contribution in [2.45, 2.75) is 58.8 Å². The third-order valence-electron chi connectivity index (χ3n) is 7.35. The summed E-state index contributed by atoms with van der Waals surface area (Å²) in [6.07, 6.45) is 10.4. The molecule has 1 aromatic carbocycles. The van der Waals surface area contributed by atoms with Crippen LogP contribution in [-0.4, -0.2) is 48.1 Å². The molecule has 1 aliphatic carbocycles. The fraction of sp³-hybridized carbons (Fsp3) is 0.500. The van der Waals surface area contributed by atoms with Gasteiger partial charge in [0, 0.05) is 37.0 Å². The van der Waals surface area contributed by atoms with E-state index in [4.69, 9.17) is 9.47 Å². The lowest BCUT2D eigenvalue weighted by molar-refractivity contribution is -0.140. The highest BCUT2D eigenvalue weighted by atomic mass is 16.5. The van der Waals surface area contributed by atoms with Crippen LogP contribution in [0.15, 0.2) is 48.2 Å². The topological polar surface area (TPSA) is 68.7 Å². The summed E-state index contributed by atoms with van der Waals surface area (Å²) in [5, 5.41) is 0. The first-order valence-electron chi connectivity index (χ1n) is 13.4. The monoisotopic (exact) mass is 490 g/mol. The summed E-state index contributed by atoms with van der Waals surface area (Å²) in [5.41, 5.74) is 3.47. The SMILES string of the molecule is CCOC(=O)/C(=C/c1ccc(OCCc2ccc(CC)cn2)cc1)CC(=O)N1C[C@H]2CCCC[C@H]2C1. The van der Waals surface area contributed by atoms with Crippen LogP contribution in [-0.2, 0) is 27.2 Å². The van der Waals surface area contributed by atoms with E-state index in [1.165, 1.54) is 31.2 Å². The normalized spacial score (nSPS) is 19.6. The third kappa shape index (κ3) is 6.96. The molecule has 36 heavy (non-hydrogen) atoms. The molecule has 1 aliphatic heterocycles. The maximum Gasteiger partial charge on any atom is 0.334 e. The summed E-state index contributed by atoms with van der Waals surface area (Å²) < 4.78 is 11.1. The van der Waals surface area contributed by atoms with Gasteiger partial charge in [-0.05, 0) is 73.4 Å². The third-order valence-corrected chi connectivity index (χ3v) is 7.35. The highest BCUT2D eigenvalue weighted by Gasteiger charge is 2.36. The van der Waals surface area contributed by atoms with Crippen molar-refractivity contribution in [3.05, 3.63) is 65.0 Å². The number of aromatic nitrogens is 1. The smallest absolute Gasteiger partial charge is 0.334 e. The summed E-state index contributed by atoms with van der Waals surface area (Å²) in [4.78, 5) is 32.1. The van der Waals surface area contributed by atoms with Gasteiger partial charge < -0.3 is 14.4 Å². The number of esters is 1. The minimum Gasteiger partial charge on any atom is -0.493 e. The van der Waals surface area contributed by atoms with E-state index in [0.717, 1.165) is 42.9 Å². The zero-order valence-corrected chi connectivity index (χ0v) is 21.6. The Labute approximate surface area is 214 Å². The molecule has 4 rings (SSSR count). The predicted molar refractivity (Wildman–Crippen MR) is 141 cm³/mol. The number of amides is 1. The van der Waals surface area contributed by atoms with E-state index < -0.39 is 5.97 Å². The molecule has 2 aliphatic rings. The molecule has 6 nitrogen and oxygen atoms in total. The summed E-state index contributed by atoms with van der Waals surface area (Å²) in [7, 11) is 0. The van der Waals surface area contributed by atoms with Crippen molar-refractivity contribution in [2.75, 3.05) is 26.3 Å². The molecule has 0 spiro atoms. The van der Waals surface area contributed by atoms with Crippen molar-refractivity contribution < 1.29 is 19.1 Å². The van der Waals surface area contributed by atoms with Crippen molar-refractivity contribution in [3.8, 4) is 5.75 Å². The van der Waals surface area contributed by atoms with Gasteiger partial charge in [-0.15, -0.1) is 0 Å². The van der Waals surface area contributed by atoms with Crippen LogP contribution in [0.5, 0.6) is 5.75 Å². The second-order valence-electron chi connectivity index (χ2n) is 9.85. The maximum atomic E-state index is 13.1. The van der Waals surface area contributed by atoms with Crippen LogP contribution in [0.25, 0.3) is 6.08 Å². The Hall–Kier alpha value is -3.15. The molecule has 1 aromatic heterocycles. The molecule has 2 heterocycles. The molecule has 0 N–H and O–H groups in total. The van der Waals surface area contributed by atoms with E-state index in [9.17, 15) is 9.59 Å². The lowest BCUT2D eigenvalue weighted by Gasteiger charge is -2.22. The van der Waals surface area contributed by atoms with Crippen molar-refractivity contribution in [1.29, 1.82) is 0 Å². The Balaban J connectivity index is 1.35. The van der Waals surface area contributed by atoms with Crippen LogP contribution in [0.4, 0.5) is 0 Å². The molecular formula is C30H38N2O4. The first-order chi connectivity index (χ1) is 17.6. The Morgan fingerprint density at radius 2 is 1.75 bits per heavy atom. The molecule has 1 amide bonds. The van der Waals surface area contributed by atoms with Gasteiger partial charge in [0.25, 0.3) is 0 Å². The summed E-state index contributed by atoms with van der Waals surface area (Å²) in [6, 6.07) is 11.7. The lowest BCUT2D eigenvalue weighted by Crippen LogP contribution is -2.30. The first kappa shape index (κ1) is 25.9. The zero-order chi connectivity index (χ0) is 25.3. The van der Waals surface area contributed by atoms with E-state index in [1.54, 1.807) is 13.0 Å². The number of pyridine rings is 1. The second-order valence-corrected chi connectivity index (χ2v) is 9.85. The van der Waals surface area contributed by atoms with E-state index in [0.29, 0.717) is 24.0 Å². The fourth-order valence-corrected chi connectivity index (χ4v) is 5.24. The highest BCUT2D eigenvalue weighted by Crippen LogP contribution is 2.36. The van der Waals surface area contributed by atoms with Crippen molar-refractivity contribution in [1.82, 2.24) is 9.88 Å². The molecule has 0 radical (unpaired) electrons. The summed E-state index contributed by atoms with van der Waals surface area (Å²) >= 11 is 0. The number of aryl methyl sites for hydroxylation is 1. The summed E-state index contributed by atoms with van der Waals surface area (Å²) in [6.45, 7) is 6.36. The number of rotatable bonds is 10. The Morgan fingerprint density at radius 3 is 2.36 bits per heavy atom. The van der Waals surface area contributed by atoms with E-state index in [-0.39, 0.29) is 18.9 Å². The molecule has 6 heteroatoms. The standard InChI is InChI=1S/C30H38N2O4/c1-3-22-9-12-27(31-19-22)15-16-36-28-13-10-23(11-14-28)17-26(30(34)35-4-2)18-29(33)32-20-24-7-5-6-8-25(24)21-32/h9-14,17,19,24-25H,3-8,15-16,18,20-21H2,1-2H3/b26-17+/t24-,25+. The van der Waals surface area contributed by atoms with Crippen molar-refractivity contribution >= 4 is 18.0 Å². The number of carbonyl (C=O) groups excluding carboxylic acids is 2. The van der Waals surface area contributed by atoms with Crippen molar-refractivity contribution in [2.24, 2.45) is 11.8 Å². The second kappa shape index (κ2) is 12.7. The minimum absolute atomic E-state index is 0.0178. The molecule has 0 unspecified atom stereocenters. The Morgan fingerprint density at radius 1 is 1.03 bits per heavy atom. The van der Waals surface area contributed by atoms with E-state index in [1.807, 2.05) is 41.4 Å². The number of hydrogen-bond acceptors (Lipinski definition) is 5. The minimum atomic E-state index is -0.426. The number of likely N-dealkylation sites (tertiary alicyclic amines) is 1. The number of nitrogens with zero attached hydrogens (tertiary/aromatic N) is 2. The van der Waals surface area contributed by atoms with Crippen LogP contribution < -0.4 is 4.74 Å². The predicted octanol–water partition coefficient (Wildman–Crippen LogP) is 5.25. The van der Waals surface area contributed by atoms with Crippen LogP contribution in [0.2, 0.25) is 0 Å². The molecule has 2 aromatic rings. The van der Waals surface area contributed by atoms with Crippen LogP contribution in [0.1, 0.15) is 62.8 Å². The largest absolute Gasteiger partial charge is 0.493 e. The van der Waals surface area contributed by atoms with Gasteiger partial charge in [0.2, 0.25) is 5.91 Å². The Kier molecular flexibility index (Phi) is 9.15. The molecule has 0 bridgehead atoms. The van der Waals surface area contributed by atoms with Gasteiger partial charge in [-0.1, -0.05) is 38.0 Å². The maximum absolute atomic E-state index is 13.1. The molecule has 1 saturated carbocycles. The number of hydrogen-bond donors (Lipinski definition) is 0. The van der Waals surface area contributed by atoms with Gasteiger partial charge in [0.1, 0.15) is 5.75 Å². The summed E-state index contributed by atoms with van der Waals surface area (Å²) in [5.74, 6) is 1.59. The quantitative estimate of drug-likeness (QED) is 0.336. The van der Waals surface area contributed by atoms with Gasteiger partial charge in [0.15, 0.2) is 0 Å². The zero-order valence-electron chi connectivity index (χ0n) is 21.6. The van der Waals surface area contributed by atoms with Crippen LogP contribution in [0.3, 0.4) is 0 Å². The van der Waals surface area contributed by atoms with Crippen LogP contribution in [0, 0.1) is 11.8 Å². The average Bonchev–Trinajstić information content (AvgIpc) is 3.34. The number of fused-ring (bicyclic) bond motifs is 1. The molecule has 192 valence electrons. The molecular weight excluding hydrogens is 452 g/mol. The average molecular weight is 491 g/mol. The van der Waals surface area contributed by atoms with Gasteiger partial charge in [-0.2, -0.15) is 0 Å². The van der Waals surface area contributed by atoms with Gasteiger partial charge >= 0.3 is 5.97 Å². The fourth-order valence-electron chi connectivity index (χ4n) is 5.24. The lowest BCUT2D eigenvalue weighted by atomic mass is 9.82. The van der Waals surface area contributed by atoms with Gasteiger partial charge in [-0.25, -0.2) is 4.79 Å². The highest BCUT2D eigenvalue weighted by molar-refractivity contribution is 5.99. The number of ether oxygens (including phenoxy) is 2. The van der Waals surface area contributed by atoms with Crippen LogP contribution >= 0.6 is 0 Å². The molecule has 1 saturated heterocycles. The number of carbonyl (C=O) groups is 2. The molecule has 2 fully saturated rings.